The number of H-pyrrole nitrogens is 1. The number of rotatable bonds is 5. The highest BCUT2D eigenvalue weighted by Gasteiger charge is 2.22. The molecule has 2 aromatic heterocycles. The summed E-state index contributed by atoms with van der Waals surface area (Å²) >= 11 is 6.08. The number of amides is 2. The quantitative estimate of drug-likeness (QED) is 0.565. The number of anilines is 1. The molecule has 1 aliphatic rings. The summed E-state index contributed by atoms with van der Waals surface area (Å²) in [6, 6.07) is 8.97. The minimum Gasteiger partial charge on any atom is -0.444 e. The van der Waals surface area contributed by atoms with Gasteiger partial charge in [-0.05, 0) is 24.1 Å². The van der Waals surface area contributed by atoms with Gasteiger partial charge in [0.25, 0.3) is 5.91 Å². The largest absolute Gasteiger partial charge is 0.444 e. The molecule has 0 bridgehead atoms. The highest BCUT2D eigenvalue weighted by Crippen LogP contribution is 2.30. The molecule has 2 amide bonds. The van der Waals surface area contributed by atoms with Crippen LogP contribution in [0.1, 0.15) is 24.5 Å². The molecule has 8 nitrogen and oxygen atoms in total. The first kappa shape index (κ1) is 21.6. The van der Waals surface area contributed by atoms with Crippen LogP contribution in [0.15, 0.2) is 48.8 Å². The zero-order chi connectivity index (χ0) is 22.7. The van der Waals surface area contributed by atoms with Gasteiger partial charge in [-0.15, -0.1) is 0 Å². The van der Waals surface area contributed by atoms with E-state index in [0.717, 1.165) is 16.5 Å². The van der Waals surface area contributed by atoms with Crippen LogP contribution in [0.4, 0.5) is 10.5 Å². The molecule has 1 aliphatic heterocycles. The normalized spacial score (nSPS) is 13.6. The third-order valence-electron chi connectivity index (χ3n) is 5.24. The van der Waals surface area contributed by atoms with E-state index in [9.17, 15) is 14.4 Å². The van der Waals surface area contributed by atoms with E-state index in [1.807, 2.05) is 30.5 Å². The van der Waals surface area contributed by atoms with E-state index in [0.29, 0.717) is 41.4 Å². The Bertz CT molecular complexity index is 1230. The molecule has 0 atom stereocenters. The molecule has 32 heavy (non-hydrogen) atoms. The number of halogens is 1. The van der Waals surface area contributed by atoms with Gasteiger partial charge in [-0.25, -0.2) is 9.78 Å². The van der Waals surface area contributed by atoms with Crippen LogP contribution in [-0.4, -0.2) is 45.7 Å². The Morgan fingerprint density at radius 2 is 2.09 bits per heavy atom. The standard InChI is InChI=1S/C23H21ClN4O4/c1-14(29)22(30)28-8-6-15(7-9-28)19-12-26-21-18(19)10-17(11-25-21)27-23(31)32-13-16-4-2-3-5-20(16)24/h2-6,10-12H,7-9,13H2,1H3,(H,25,26)(H,27,31). The third kappa shape index (κ3) is 4.65. The molecule has 0 fully saturated rings. The number of carbonyl (C=O) groups is 3. The summed E-state index contributed by atoms with van der Waals surface area (Å²) in [5.74, 6) is -0.932. The lowest BCUT2D eigenvalue weighted by Crippen LogP contribution is -2.38. The molecular weight excluding hydrogens is 432 g/mol. The van der Waals surface area contributed by atoms with Crippen LogP contribution < -0.4 is 5.32 Å². The maximum absolute atomic E-state index is 12.2. The second-order valence-electron chi connectivity index (χ2n) is 7.40. The molecule has 0 saturated carbocycles. The predicted octanol–water partition coefficient (Wildman–Crippen LogP) is 4.17. The number of Topliss-reactive ketones (excluding diaryl/α,β-unsaturated/α-hetero) is 1. The number of nitrogens with one attached hydrogen (secondary N) is 2. The summed E-state index contributed by atoms with van der Waals surface area (Å²) in [5.41, 5.74) is 3.87. The van der Waals surface area contributed by atoms with Crippen molar-refractivity contribution in [3.05, 3.63) is 65.0 Å². The summed E-state index contributed by atoms with van der Waals surface area (Å²) in [7, 11) is 0. The first-order valence-corrected chi connectivity index (χ1v) is 10.4. The fourth-order valence-electron chi connectivity index (χ4n) is 3.57. The number of hydrogen-bond acceptors (Lipinski definition) is 5. The maximum atomic E-state index is 12.2. The van der Waals surface area contributed by atoms with Gasteiger partial charge in [0.2, 0.25) is 5.78 Å². The van der Waals surface area contributed by atoms with E-state index < -0.39 is 17.8 Å². The van der Waals surface area contributed by atoms with Crippen LogP contribution in [0.25, 0.3) is 16.6 Å². The van der Waals surface area contributed by atoms with Crippen LogP contribution in [0, 0.1) is 0 Å². The molecule has 164 valence electrons. The number of carbonyl (C=O) groups excluding carboxylic acids is 3. The Labute approximate surface area is 189 Å². The summed E-state index contributed by atoms with van der Waals surface area (Å²) in [6.45, 7) is 2.18. The van der Waals surface area contributed by atoms with Crippen LogP contribution in [-0.2, 0) is 20.9 Å². The zero-order valence-electron chi connectivity index (χ0n) is 17.4. The van der Waals surface area contributed by atoms with E-state index in [-0.39, 0.29) is 6.61 Å². The summed E-state index contributed by atoms with van der Waals surface area (Å²) in [5, 5.41) is 4.06. The second kappa shape index (κ2) is 9.23. The Morgan fingerprint density at radius 1 is 1.28 bits per heavy atom. The van der Waals surface area contributed by atoms with Gasteiger partial charge in [-0.2, -0.15) is 0 Å². The summed E-state index contributed by atoms with van der Waals surface area (Å²) < 4.78 is 5.26. The van der Waals surface area contributed by atoms with Gasteiger partial charge in [0.15, 0.2) is 0 Å². The fraction of sp³-hybridized carbons (Fsp3) is 0.217. The number of nitrogens with zero attached hydrogens (tertiary/aromatic N) is 2. The molecule has 0 aliphatic carbocycles. The fourth-order valence-corrected chi connectivity index (χ4v) is 3.76. The van der Waals surface area contributed by atoms with Crippen molar-refractivity contribution in [3.63, 3.8) is 0 Å². The van der Waals surface area contributed by atoms with Crippen molar-refractivity contribution in [3.8, 4) is 0 Å². The number of benzene rings is 1. The Morgan fingerprint density at radius 3 is 2.81 bits per heavy atom. The lowest BCUT2D eigenvalue weighted by Gasteiger charge is -2.25. The molecule has 0 unspecified atom stereocenters. The summed E-state index contributed by atoms with van der Waals surface area (Å²) in [4.78, 5) is 44.5. The van der Waals surface area contributed by atoms with Crippen molar-refractivity contribution < 1.29 is 19.1 Å². The minimum absolute atomic E-state index is 0.0545. The lowest BCUT2D eigenvalue weighted by molar-refractivity contribution is -0.143. The molecule has 9 heteroatoms. The van der Waals surface area contributed by atoms with Gasteiger partial charge >= 0.3 is 6.09 Å². The Balaban J connectivity index is 1.46. The number of hydrogen-bond donors (Lipinski definition) is 2. The van der Waals surface area contributed by atoms with E-state index in [1.54, 1.807) is 18.3 Å². The third-order valence-corrected chi connectivity index (χ3v) is 5.61. The van der Waals surface area contributed by atoms with Crippen molar-refractivity contribution in [2.75, 3.05) is 18.4 Å². The Hall–Kier alpha value is -3.65. The van der Waals surface area contributed by atoms with Gasteiger partial charge in [0.1, 0.15) is 12.3 Å². The van der Waals surface area contributed by atoms with Crippen molar-refractivity contribution in [1.82, 2.24) is 14.9 Å². The van der Waals surface area contributed by atoms with Crippen molar-refractivity contribution in [1.29, 1.82) is 0 Å². The van der Waals surface area contributed by atoms with Crippen LogP contribution in [0.2, 0.25) is 5.02 Å². The topological polar surface area (TPSA) is 104 Å². The van der Waals surface area contributed by atoms with E-state index in [2.05, 4.69) is 15.3 Å². The van der Waals surface area contributed by atoms with Crippen molar-refractivity contribution in [2.45, 2.75) is 20.0 Å². The summed E-state index contributed by atoms with van der Waals surface area (Å²) in [6.07, 6.45) is 5.33. The first-order valence-electron chi connectivity index (χ1n) is 10.1. The molecule has 2 N–H and O–H groups in total. The van der Waals surface area contributed by atoms with Gasteiger partial charge in [0.05, 0.1) is 11.9 Å². The first-order chi connectivity index (χ1) is 15.4. The zero-order valence-corrected chi connectivity index (χ0v) is 18.1. The number of aromatic nitrogens is 2. The van der Waals surface area contributed by atoms with Crippen LogP contribution in [0.3, 0.4) is 0 Å². The molecule has 0 radical (unpaired) electrons. The SMILES string of the molecule is CC(=O)C(=O)N1CC=C(c2c[nH]c3ncc(NC(=O)OCc4ccccc4Cl)cc23)CC1. The van der Waals surface area contributed by atoms with E-state index in [4.69, 9.17) is 16.3 Å². The monoisotopic (exact) mass is 452 g/mol. The molecule has 4 rings (SSSR count). The molecule has 1 aromatic carbocycles. The smallest absolute Gasteiger partial charge is 0.412 e. The number of ketones is 1. The van der Waals surface area contributed by atoms with E-state index in [1.165, 1.54) is 11.8 Å². The van der Waals surface area contributed by atoms with Crippen molar-refractivity contribution >= 4 is 51.7 Å². The van der Waals surface area contributed by atoms with Crippen molar-refractivity contribution in [2.24, 2.45) is 0 Å². The Kier molecular flexibility index (Phi) is 6.23. The average Bonchev–Trinajstić information content (AvgIpc) is 3.21. The molecule has 0 spiro atoms. The molecule has 3 aromatic rings. The molecule has 3 heterocycles. The van der Waals surface area contributed by atoms with Gasteiger partial charge in [-0.1, -0.05) is 35.9 Å². The average molecular weight is 453 g/mol. The number of ether oxygens (including phenoxy) is 1. The maximum Gasteiger partial charge on any atom is 0.412 e. The highest BCUT2D eigenvalue weighted by atomic mass is 35.5. The van der Waals surface area contributed by atoms with Crippen LogP contribution in [0.5, 0.6) is 0 Å². The van der Waals surface area contributed by atoms with Crippen LogP contribution >= 0.6 is 11.6 Å². The lowest BCUT2D eigenvalue weighted by atomic mass is 9.99. The van der Waals surface area contributed by atoms with Gasteiger partial charge in [-0.3, -0.25) is 14.9 Å². The van der Waals surface area contributed by atoms with Gasteiger partial charge < -0.3 is 14.6 Å². The second-order valence-corrected chi connectivity index (χ2v) is 7.81. The van der Waals surface area contributed by atoms with Gasteiger partial charge in [0, 0.05) is 47.7 Å². The molecule has 0 saturated heterocycles. The highest BCUT2D eigenvalue weighted by molar-refractivity contribution is 6.35. The number of fused-ring (bicyclic) bond motifs is 1. The van der Waals surface area contributed by atoms with E-state index >= 15 is 0 Å². The predicted molar refractivity (Wildman–Crippen MR) is 121 cm³/mol. The number of aromatic amines is 1. The minimum atomic E-state index is -0.613. The molecular formula is C23H21ClN4O4. The number of pyridine rings is 1.